The van der Waals surface area contributed by atoms with Gasteiger partial charge in [0.25, 0.3) is 0 Å². The zero-order valence-corrected chi connectivity index (χ0v) is 14.4. The molecule has 0 amide bonds. The third-order valence-corrected chi connectivity index (χ3v) is 8.52. The second-order valence-electron chi connectivity index (χ2n) is 6.67. The van der Waals surface area contributed by atoms with Crippen LogP contribution in [0.15, 0.2) is 42.5 Å². The van der Waals surface area contributed by atoms with Gasteiger partial charge in [-0.2, -0.15) is 0 Å². The van der Waals surface area contributed by atoms with Crippen molar-refractivity contribution < 1.29 is 9.53 Å². The summed E-state index contributed by atoms with van der Waals surface area (Å²) in [5.41, 5.74) is 1.21. The molecular formula is C17H28O2Si. The van der Waals surface area contributed by atoms with Crippen molar-refractivity contribution in [3.8, 4) is 0 Å². The molecule has 1 aromatic carbocycles. The third-order valence-electron chi connectivity index (χ3n) is 4.04. The average molecular weight is 292 g/mol. The summed E-state index contributed by atoms with van der Waals surface area (Å²) in [6.45, 7) is 11.4. The van der Waals surface area contributed by atoms with E-state index in [0.717, 1.165) is 6.42 Å². The summed E-state index contributed by atoms with van der Waals surface area (Å²) < 4.78 is 6.54. The summed E-state index contributed by atoms with van der Waals surface area (Å²) in [7, 11) is -1.81. The van der Waals surface area contributed by atoms with E-state index >= 15 is 0 Å². The Morgan fingerprint density at radius 3 is 2.25 bits per heavy atom. The minimum atomic E-state index is -1.81. The molecule has 0 saturated heterocycles. The second-order valence-corrected chi connectivity index (χ2v) is 11.4. The Bertz CT molecular complexity index is 418. The highest BCUT2D eigenvalue weighted by atomic mass is 28.4. The van der Waals surface area contributed by atoms with Crippen LogP contribution < -0.4 is 0 Å². The van der Waals surface area contributed by atoms with E-state index in [1.807, 2.05) is 24.3 Å². The Balaban J connectivity index is 2.92. The van der Waals surface area contributed by atoms with Crippen molar-refractivity contribution in [2.45, 2.75) is 51.4 Å². The van der Waals surface area contributed by atoms with Gasteiger partial charge < -0.3 is 9.53 Å². The highest BCUT2D eigenvalue weighted by molar-refractivity contribution is 6.74. The lowest BCUT2D eigenvalue weighted by Crippen LogP contribution is -2.41. The molecule has 0 saturated carbocycles. The van der Waals surface area contributed by atoms with E-state index in [4.69, 9.17) is 9.53 Å². The van der Waals surface area contributed by atoms with Gasteiger partial charge in [0.1, 0.15) is 0 Å². The molecule has 3 heteroatoms. The van der Waals surface area contributed by atoms with Crippen molar-refractivity contribution in [3.05, 3.63) is 48.0 Å². The van der Waals surface area contributed by atoms with Gasteiger partial charge in [-0.25, -0.2) is 0 Å². The fraction of sp³-hybridized carbons (Fsp3) is 0.529. The average Bonchev–Trinajstić information content (AvgIpc) is 2.37. The first-order valence-electron chi connectivity index (χ1n) is 7.26. The molecule has 2 nitrogen and oxygen atoms in total. The van der Waals surface area contributed by atoms with Crippen molar-refractivity contribution in [3.63, 3.8) is 0 Å². The van der Waals surface area contributed by atoms with Crippen LogP contribution in [-0.4, -0.2) is 20.0 Å². The van der Waals surface area contributed by atoms with Crippen molar-refractivity contribution in [1.82, 2.24) is 0 Å². The lowest BCUT2D eigenvalue weighted by Gasteiger charge is -2.39. The van der Waals surface area contributed by atoms with E-state index in [9.17, 15) is 0 Å². The Kier molecular flexibility index (Phi) is 6.18. The molecule has 0 heterocycles. The van der Waals surface area contributed by atoms with Gasteiger partial charge in [-0.05, 0) is 30.1 Å². The first kappa shape index (κ1) is 17.1. The van der Waals surface area contributed by atoms with E-state index in [0.29, 0.717) is 0 Å². The van der Waals surface area contributed by atoms with Crippen molar-refractivity contribution in [1.29, 1.82) is 0 Å². The summed E-state index contributed by atoms with van der Waals surface area (Å²) in [5.74, 6) is 0. The number of aliphatic hydroxyl groups excluding tert-OH is 1. The molecular weight excluding hydrogens is 264 g/mol. The largest absolute Gasteiger partial charge is 0.410 e. The zero-order valence-electron chi connectivity index (χ0n) is 13.4. The normalized spacial score (nSPS) is 14.7. The smallest absolute Gasteiger partial charge is 0.192 e. The van der Waals surface area contributed by atoms with Gasteiger partial charge in [0.05, 0.1) is 12.7 Å². The van der Waals surface area contributed by atoms with Crippen LogP contribution >= 0.6 is 0 Å². The van der Waals surface area contributed by atoms with Crippen molar-refractivity contribution in [2.24, 2.45) is 0 Å². The fourth-order valence-corrected chi connectivity index (χ4v) is 3.04. The molecule has 1 rings (SSSR count). The van der Waals surface area contributed by atoms with Gasteiger partial charge in [0.15, 0.2) is 8.32 Å². The van der Waals surface area contributed by atoms with Gasteiger partial charge in [0, 0.05) is 0 Å². The molecule has 0 aliphatic carbocycles. The van der Waals surface area contributed by atoms with Crippen LogP contribution in [0.3, 0.4) is 0 Å². The summed E-state index contributed by atoms with van der Waals surface area (Å²) in [4.78, 5) is 0. The van der Waals surface area contributed by atoms with Gasteiger partial charge in [-0.3, -0.25) is 0 Å². The van der Waals surface area contributed by atoms with Crippen LogP contribution in [-0.2, 0) is 4.43 Å². The molecule has 0 bridgehead atoms. The predicted molar refractivity (Wildman–Crippen MR) is 88.3 cm³/mol. The highest BCUT2D eigenvalue weighted by Gasteiger charge is 2.39. The molecule has 20 heavy (non-hydrogen) atoms. The monoisotopic (exact) mass is 292 g/mol. The van der Waals surface area contributed by atoms with Crippen LogP contribution in [0, 0.1) is 0 Å². The van der Waals surface area contributed by atoms with Crippen LogP contribution in [0.1, 0.15) is 38.9 Å². The SMILES string of the molecule is CC(C)(C)[Si](C)(C)O[C@@H](C/C=C/CO)c1ccccc1. The summed E-state index contributed by atoms with van der Waals surface area (Å²) >= 11 is 0. The molecule has 1 aromatic rings. The van der Waals surface area contributed by atoms with Gasteiger partial charge >= 0.3 is 0 Å². The molecule has 1 atom stereocenters. The molecule has 0 aliphatic heterocycles. The van der Waals surface area contributed by atoms with Crippen LogP contribution in [0.4, 0.5) is 0 Å². The number of benzene rings is 1. The number of hydrogen-bond acceptors (Lipinski definition) is 2. The number of hydrogen-bond donors (Lipinski definition) is 1. The Morgan fingerprint density at radius 1 is 1.15 bits per heavy atom. The van der Waals surface area contributed by atoms with Crippen molar-refractivity contribution in [2.75, 3.05) is 6.61 Å². The molecule has 0 aliphatic rings. The third kappa shape index (κ3) is 4.89. The molecule has 0 aromatic heterocycles. The van der Waals surface area contributed by atoms with Gasteiger partial charge in [-0.15, -0.1) is 0 Å². The highest BCUT2D eigenvalue weighted by Crippen LogP contribution is 2.40. The molecule has 0 radical (unpaired) electrons. The van der Waals surface area contributed by atoms with Gasteiger partial charge in [0.2, 0.25) is 0 Å². The minimum absolute atomic E-state index is 0.0693. The van der Waals surface area contributed by atoms with E-state index in [-0.39, 0.29) is 17.7 Å². The Hall–Kier alpha value is -0.903. The topological polar surface area (TPSA) is 29.5 Å². The first-order chi connectivity index (χ1) is 9.28. The van der Waals surface area contributed by atoms with Crippen LogP contribution in [0.25, 0.3) is 0 Å². The lowest BCUT2D eigenvalue weighted by atomic mass is 10.1. The molecule has 0 spiro atoms. The Labute approximate surface area is 124 Å². The van der Waals surface area contributed by atoms with E-state index in [1.165, 1.54) is 5.56 Å². The summed E-state index contributed by atoms with van der Waals surface area (Å²) in [6.07, 6.45) is 4.66. The summed E-state index contributed by atoms with van der Waals surface area (Å²) in [5, 5.41) is 9.09. The van der Waals surface area contributed by atoms with Crippen LogP contribution in [0.2, 0.25) is 18.1 Å². The maximum absolute atomic E-state index is 8.89. The quantitative estimate of drug-likeness (QED) is 0.609. The van der Waals surface area contributed by atoms with Crippen LogP contribution in [0.5, 0.6) is 0 Å². The molecule has 1 N–H and O–H groups in total. The van der Waals surface area contributed by atoms with E-state index in [2.05, 4.69) is 46.0 Å². The standard InChI is InChI=1S/C17H28O2Si/c1-17(2,3)20(4,5)19-16(13-9-10-14-18)15-11-7-6-8-12-15/h6-12,16,18H,13-14H2,1-5H3/b10-9+/t16-/m0/s1. The minimum Gasteiger partial charge on any atom is -0.410 e. The molecule has 112 valence electrons. The zero-order chi connectivity index (χ0) is 15.2. The van der Waals surface area contributed by atoms with Gasteiger partial charge in [-0.1, -0.05) is 63.3 Å². The second kappa shape index (κ2) is 7.20. The predicted octanol–water partition coefficient (Wildman–Crippen LogP) is 4.69. The maximum atomic E-state index is 8.89. The summed E-state index contributed by atoms with van der Waals surface area (Å²) in [6, 6.07) is 10.4. The molecule has 0 unspecified atom stereocenters. The fourth-order valence-electron chi connectivity index (χ4n) is 1.75. The molecule has 0 fully saturated rings. The van der Waals surface area contributed by atoms with E-state index in [1.54, 1.807) is 6.08 Å². The van der Waals surface area contributed by atoms with Crippen molar-refractivity contribution >= 4 is 8.32 Å². The number of aliphatic hydroxyl groups is 1. The lowest BCUT2D eigenvalue weighted by molar-refractivity contribution is 0.186. The maximum Gasteiger partial charge on any atom is 0.192 e. The number of rotatable bonds is 6. The Morgan fingerprint density at radius 2 is 1.75 bits per heavy atom. The van der Waals surface area contributed by atoms with E-state index < -0.39 is 8.32 Å². The first-order valence-corrected chi connectivity index (χ1v) is 10.2.